The molecule has 1 rings (SSSR count). The van der Waals surface area contributed by atoms with Gasteiger partial charge in [-0.1, -0.05) is 19.1 Å². The molecule has 0 fully saturated rings. The molecular weight excluding hydrogens is 220 g/mol. The van der Waals surface area contributed by atoms with Crippen LogP contribution in [0.15, 0.2) is 18.2 Å². The van der Waals surface area contributed by atoms with Crippen molar-refractivity contribution in [3.63, 3.8) is 0 Å². The quantitative estimate of drug-likeness (QED) is 0.589. The summed E-state index contributed by atoms with van der Waals surface area (Å²) in [6, 6.07) is 5.18. The molecule has 0 saturated carbocycles. The number of hydrogen-bond acceptors (Lipinski definition) is 4. The van der Waals surface area contributed by atoms with E-state index in [9.17, 15) is 15.2 Å². The van der Waals surface area contributed by atoms with Crippen LogP contribution in [0.2, 0.25) is 0 Å². The molecule has 0 amide bonds. The lowest BCUT2D eigenvalue weighted by Crippen LogP contribution is -2.13. The van der Waals surface area contributed by atoms with E-state index in [1.54, 1.807) is 25.1 Å². The van der Waals surface area contributed by atoms with Crippen molar-refractivity contribution in [3.05, 3.63) is 33.9 Å². The van der Waals surface area contributed by atoms with E-state index in [0.29, 0.717) is 30.6 Å². The zero-order valence-corrected chi connectivity index (χ0v) is 10.1. The highest BCUT2D eigenvalue weighted by Gasteiger charge is 2.16. The summed E-state index contributed by atoms with van der Waals surface area (Å²) in [5.41, 5.74) is 1.26. The van der Waals surface area contributed by atoms with Crippen molar-refractivity contribution in [2.75, 3.05) is 11.9 Å². The lowest BCUT2D eigenvalue weighted by Gasteiger charge is -2.10. The summed E-state index contributed by atoms with van der Waals surface area (Å²) in [5, 5.41) is 23.3. The van der Waals surface area contributed by atoms with Crippen LogP contribution in [-0.4, -0.2) is 22.7 Å². The van der Waals surface area contributed by atoms with Crippen LogP contribution in [0.5, 0.6) is 0 Å². The maximum Gasteiger partial charge on any atom is 0.295 e. The van der Waals surface area contributed by atoms with Crippen molar-refractivity contribution in [1.82, 2.24) is 0 Å². The maximum atomic E-state index is 10.9. The first-order valence-electron chi connectivity index (χ1n) is 5.72. The number of nitrogens with one attached hydrogen (secondary N) is 1. The molecule has 0 heterocycles. The number of nitrogens with zero attached hydrogens (tertiary/aromatic N) is 1. The summed E-state index contributed by atoms with van der Waals surface area (Å²) < 4.78 is 0. The van der Waals surface area contributed by atoms with Gasteiger partial charge in [0, 0.05) is 12.1 Å². The Morgan fingerprint density at radius 2 is 2.24 bits per heavy atom. The molecule has 17 heavy (non-hydrogen) atoms. The van der Waals surface area contributed by atoms with E-state index >= 15 is 0 Å². The molecule has 1 aromatic carbocycles. The van der Waals surface area contributed by atoms with E-state index < -0.39 is 0 Å². The van der Waals surface area contributed by atoms with E-state index in [2.05, 4.69) is 5.32 Å². The summed E-state index contributed by atoms with van der Waals surface area (Å²) in [6.45, 7) is 4.14. The number of nitro benzene ring substituents is 1. The molecule has 1 aromatic rings. The van der Waals surface area contributed by atoms with Crippen molar-refractivity contribution < 1.29 is 10.0 Å². The monoisotopic (exact) mass is 238 g/mol. The fourth-order valence-corrected chi connectivity index (χ4v) is 1.62. The average Bonchev–Trinajstić information content (AvgIpc) is 2.28. The number of aliphatic hydroxyl groups is 1. The van der Waals surface area contributed by atoms with Gasteiger partial charge in [-0.3, -0.25) is 10.1 Å². The molecule has 5 nitrogen and oxygen atoms in total. The molecule has 0 aliphatic rings. The average molecular weight is 238 g/mol. The van der Waals surface area contributed by atoms with Crippen molar-refractivity contribution in [1.29, 1.82) is 0 Å². The van der Waals surface area contributed by atoms with E-state index in [1.807, 2.05) is 6.92 Å². The molecule has 5 heteroatoms. The van der Waals surface area contributed by atoms with Gasteiger partial charge in [0.2, 0.25) is 0 Å². The lowest BCUT2D eigenvalue weighted by atomic mass is 10.1. The van der Waals surface area contributed by atoms with Gasteiger partial charge in [-0.15, -0.1) is 0 Å². The fourth-order valence-electron chi connectivity index (χ4n) is 1.62. The Kier molecular flexibility index (Phi) is 4.90. The zero-order chi connectivity index (χ0) is 12.8. The third-order valence-electron chi connectivity index (χ3n) is 2.68. The molecule has 1 atom stereocenters. The molecule has 0 saturated heterocycles. The van der Waals surface area contributed by atoms with Gasteiger partial charge in [-0.2, -0.15) is 0 Å². The van der Waals surface area contributed by atoms with Gasteiger partial charge in [0.05, 0.1) is 11.0 Å². The van der Waals surface area contributed by atoms with Gasteiger partial charge in [0.1, 0.15) is 5.69 Å². The second kappa shape index (κ2) is 6.20. The summed E-state index contributed by atoms with van der Waals surface area (Å²) in [4.78, 5) is 10.5. The summed E-state index contributed by atoms with van der Waals surface area (Å²) in [6.07, 6.45) is 0.922. The van der Waals surface area contributed by atoms with Crippen LogP contribution in [0.25, 0.3) is 0 Å². The SMILES string of the molecule is CCC(O)CCNc1cccc(C)c1[N+](=O)[O-]. The molecular formula is C12H18N2O3. The summed E-state index contributed by atoms with van der Waals surface area (Å²) in [5.74, 6) is 0. The standard InChI is InChI=1S/C12H18N2O3/c1-3-10(15)7-8-13-11-6-4-5-9(2)12(11)14(16)17/h4-6,10,13,15H,3,7-8H2,1-2H3. The van der Waals surface area contributed by atoms with Crippen LogP contribution < -0.4 is 5.32 Å². The number of anilines is 1. The number of aryl methyl sites for hydroxylation is 1. The fraction of sp³-hybridized carbons (Fsp3) is 0.500. The third-order valence-corrected chi connectivity index (χ3v) is 2.68. The molecule has 0 aliphatic carbocycles. The summed E-state index contributed by atoms with van der Waals surface area (Å²) >= 11 is 0. The Balaban J connectivity index is 2.71. The number of aliphatic hydroxyl groups excluding tert-OH is 1. The minimum Gasteiger partial charge on any atom is -0.393 e. The Bertz CT molecular complexity index is 393. The van der Waals surface area contributed by atoms with E-state index in [1.165, 1.54) is 0 Å². The van der Waals surface area contributed by atoms with Crippen LogP contribution in [0.3, 0.4) is 0 Å². The van der Waals surface area contributed by atoms with Crippen molar-refractivity contribution in [2.24, 2.45) is 0 Å². The Morgan fingerprint density at radius 3 is 2.82 bits per heavy atom. The molecule has 2 N–H and O–H groups in total. The van der Waals surface area contributed by atoms with E-state index in [0.717, 1.165) is 0 Å². The molecule has 0 bridgehead atoms. The second-order valence-corrected chi connectivity index (χ2v) is 4.01. The molecule has 1 unspecified atom stereocenters. The number of para-hydroxylation sites is 1. The molecule has 0 aromatic heterocycles. The Hall–Kier alpha value is -1.62. The molecule has 0 aliphatic heterocycles. The minimum absolute atomic E-state index is 0.110. The number of rotatable bonds is 6. The second-order valence-electron chi connectivity index (χ2n) is 4.01. The van der Waals surface area contributed by atoms with Crippen LogP contribution >= 0.6 is 0 Å². The smallest absolute Gasteiger partial charge is 0.295 e. The first kappa shape index (κ1) is 13.4. The predicted octanol–water partition coefficient (Wildman–Crippen LogP) is 2.48. The Morgan fingerprint density at radius 1 is 1.53 bits per heavy atom. The van der Waals surface area contributed by atoms with E-state index in [4.69, 9.17) is 0 Å². The van der Waals surface area contributed by atoms with Crippen molar-refractivity contribution in [2.45, 2.75) is 32.8 Å². The van der Waals surface area contributed by atoms with Crippen LogP contribution in [0.1, 0.15) is 25.3 Å². The van der Waals surface area contributed by atoms with Crippen LogP contribution in [0.4, 0.5) is 11.4 Å². The van der Waals surface area contributed by atoms with Gasteiger partial charge in [0.25, 0.3) is 5.69 Å². The van der Waals surface area contributed by atoms with Gasteiger partial charge >= 0.3 is 0 Å². The normalized spacial score (nSPS) is 12.2. The number of benzene rings is 1. The zero-order valence-electron chi connectivity index (χ0n) is 10.1. The minimum atomic E-state index is -0.381. The lowest BCUT2D eigenvalue weighted by molar-refractivity contribution is -0.384. The van der Waals surface area contributed by atoms with Gasteiger partial charge in [-0.25, -0.2) is 0 Å². The third kappa shape index (κ3) is 3.71. The van der Waals surface area contributed by atoms with Crippen LogP contribution in [-0.2, 0) is 0 Å². The Labute approximate surface area is 101 Å². The largest absolute Gasteiger partial charge is 0.393 e. The first-order valence-corrected chi connectivity index (χ1v) is 5.72. The summed E-state index contributed by atoms with van der Waals surface area (Å²) in [7, 11) is 0. The maximum absolute atomic E-state index is 10.9. The highest BCUT2D eigenvalue weighted by molar-refractivity contribution is 5.64. The van der Waals surface area contributed by atoms with E-state index in [-0.39, 0.29) is 16.7 Å². The first-order chi connectivity index (χ1) is 8.06. The molecule has 94 valence electrons. The number of hydrogen-bond donors (Lipinski definition) is 2. The van der Waals surface area contributed by atoms with Gasteiger partial charge in [0.15, 0.2) is 0 Å². The highest BCUT2D eigenvalue weighted by atomic mass is 16.6. The van der Waals surface area contributed by atoms with Gasteiger partial charge in [-0.05, 0) is 25.8 Å². The van der Waals surface area contributed by atoms with Crippen molar-refractivity contribution >= 4 is 11.4 Å². The number of nitro groups is 1. The van der Waals surface area contributed by atoms with Crippen molar-refractivity contribution in [3.8, 4) is 0 Å². The highest BCUT2D eigenvalue weighted by Crippen LogP contribution is 2.27. The topological polar surface area (TPSA) is 75.4 Å². The molecule has 0 radical (unpaired) electrons. The predicted molar refractivity (Wildman–Crippen MR) is 67.2 cm³/mol. The molecule has 0 spiro atoms. The van der Waals surface area contributed by atoms with Crippen LogP contribution in [0, 0.1) is 17.0 Å². The van der Waals surface area contributed by atoms with Gasteiger partial charge < -0.3 is 10.4 Å².